The Balaban J connectivity index is 1.48. The Kier molecular flexibility index (Phi) is 5.97. The minimum Gasteiger partial charge on any atom is -0.346 e. The Morgan fingerprint density at radius 1 is 1.03 bits per heavy atom. The van der Waals surface area contributed by atoms with Crippen LogP contribution in [0.4, 0.5) is 4.39 Å². The minimum atomic E-state index is -0.521. The summed E-state index contributed by atoms with van der Waals surface area (Å²) in [6.07, 6.45) is 8.31. The summed E-state index contributed by atoms with van der Waals surface area (Å²) in [6, 6.07) is 15.0. The molecule has 0 amide bonds. The molecule has 6 rings (SSSR count). The van der Waals surface area contributed by atoms with Gasteiger partial charge in [-0.3, -0.25) is 9.67 Å². The second-order valence-corrected chi connectivity index (χ2v) is 9.97. The molecule has 5 aromatic rings. The molecule has 37 heavy (non-hydrogen) atoms. The van der Waals surface area contributed by atoms with Crippen molar-refractivity contribution in [2.45, 2.75) is 26.3 Å². The summed E-state index contributed by atoms with van der Waals surface area (Å²) in [5, 5.41) is 15.7. The molecule has 0 spiro atoms. The summed E-state index contributed by atoms with van der Waals surface area (Å²) in [5.41, 5.74) is 5.45. The molecule has 0 saturated carbocycles. The Hall–Kier alpha value is -4.02. The Morgan fingerprint density at radius 3 is 2.59 bits per heavy atom. The molecule has 1 fully saturated rings. The Bertz CT molecular complexity index is 1650. The van der Waals surface area contributed by atoms with E-state index < -0.39 is 5.82 Å². The molecule has 2 aromatic carbocycles. The average molecular weight is 493 g/mol. The smallest absolute Gasteiger partial charge is 0.141 e. The number of nitrogens with zero attached hydrogens (tertiary/aromatic N) is 6. The number of hydrogen-bond acceptors (Lipinski definition) is 4. The van der Waals surface area contributed by atoms with Crippen molar-refractivity contribution in [2.24, 2.45) is 13.0 Å². The zero-order valence-electron chi connectivity index (χ0n) is 21.2. The van der Waals surface area contributed by atoms with Crippen molar-refractivity contribution in [2.75, 3.05) is 19.6 Å². The lowest BCUT2D eigenvalue weighted by molar-refractivity contribution is 0.182. The fourth-order valence-corrected chi connectivity index (χ4v) is 5.66. The summed E-state index contributed by atoms with van der Waals surface area (Å²) >= 11 is 0. The maximum atomic E-state index is 14.8. The van der Waals surface area contributed by atoms with Crippen molar-refractivity contribution in [3.8, 4) is 28.5 Å². The number of rotatable bonds is 5. The molecular weight excluding hydrogens is 463 g/mol. The number of aromatic nitrogens is 4. The summed E-state index contributed by atoms with van der Waals surface area (Å²) in [7, 11) is 1.92. The largest absolute Gasteiger partial charge is 0.346 e. The Labute approximate surface area is 215 Å². The van der Waals surface area contributed by atoms with E-state index in [9.17, 15) is 9.65 Å². The van der Waals surface area contributed by atoms with Gasteiger partial charge in [0.25, 0.3) is 0 Å². The fourth-order valence-electron chi connectivity index (χ4n) is 5.66. The van der Waals surface area contributed by atoms with Gasteiger partial charge in [-0.05, 0) is 74.3 Å². The summed E-state index contributed by atoms with van der Waals surface area (Å²) < 4.78 is 18.9. The second-order valence-electron chi connectivity index (χ2n) is 9.97. The lowest BCUT2D eigenvalue weighted by Crippen LogP contribution is -2.34. The number of fused-ring (bicyclic) bond motifs is 2. The molecule has 3 aromatic heterocycles. The number of benzene rings is 2. The Morgan fingerprint density at radius 2 is 1.84 bits per heavy atom. The third kappa shape index (κ3) is 4.17. The van der Waals surface area contributed by atoms with Gasteiger partial charge in [-0.2, -0.15) is 10.4 Å². The van der Waals surface area contributed by atoms with Gasteiger partial charge in [0, 0.05) is 41.7 Å². The van der Waals surface area contributed by atoms with Crippen LogP contribution >= 0.6 is 0 Å². The topological polar surface area (TPSA) is 62.7 Å². The first-order valence-electron chi connectivity index (χ1n) is 12.9. The van der Waals surface area contributed by atoms with Crippen molar-refractivity contribution < 1.29 is 4.39 Å². The molecule has 6 nitrogen and oxygen atoms in total. The van der Waals surface area contributed by atoms with Crippen LogP contribution in [0, 0.1) is 23.1 Å². The molecule has 0 unspecified atom stereocenters. The number of piperidine rings is 1. The highest BCUT2D eigenvalue weighted by atomic mass is 19.1. The highest BCUT2D eigenvalue weighted by Gasteiger charge is 2.21. The van der Waals surface area contributed by atoms with Gasteiger partial charge >= 0.3 is 0 Å². The number of hydrogen-bond donors (Lipinski definition) is 0. The van der Waals surface area contributed by atoms with E-state index in [2.05, 4.69) is 39.8 Å². The SMILES string of the molecule is CCN1CCC(Cn2ccc3c(-c4ccc(C#N)c(F)c4)c(-c4ccc5c(cnn5C)c4)ncc32)CC1. The van der Waals surface area contributed by atoms with Crippen molar-refractivity contribution >= 4 is 21.8 Å². The van der Waals surface area contributed by atoms with Gasteiger partial charge in [0.15, 0.2) is 0 Å². The molecule has 1 saturated heterocycles. The van der Waals surface area contributed by atoms with Gasteiger partial charge in [-0.15, -0.1) is 0 Å². The van der Waals surface area contributed by atoms with Crippen LogP contribution in [0.5, 0.6) is 0 Å². The van der Waals surface area contributed by atoms with E-state index in [4.69, 9.17) is 4.98 Å². The van der Waals surface area contributed by atoms with Crippen LogP contribution in [0.1, 0.15) is 25.3 Å². The molecule has 0 atom stereocenters. The lowest BCUT2D eigenvalue weighted by atomic mass is 9.94. The lowest BCUT2D eigenvalue weighted by Gasteiger charge is -2.31. The van der Waals surface area contributed by atoms with E-state index in [-0.39, 0.29) is 5.56 Å². The fraction of sp³-hybridized carbons (Fsp3) is 0.300. The number of pyridine rings is 1. The molecular formula is C30H29FN6. The maximum Gasteiger partial charge on any atom is 0.141 e. The molecule has 0 radical (unpaired) electrons. The van der Waals surface area contributed by atoms with Gasteiger partial charge < -0.3 is 9.47 Å². The van der Waals surface area contributed by atoms with E-state index >= 15 is 0 Å². The highest BCUT2D eigenvalue weighted by molar-refractivity contribution is 6.02. The zero-order valence-corrected chi connectivity index (χ0v) is 21.2. The second kappa shape index (κ2) is 9.45. The molecule has 7 heteroatoms. The monoisotopic (exact) mass is 492 g/mol. The van der Waals surface area contributed by atoms with Gasteiger partial charge in [0.1, 0.15) is 11.9 Å². The van der Waals surface area contributed by atoms with Crippen LogP contribution in [0.2, 0.25) is 0 Å². The number of aryl methyl sites for hydroxylation is 1. The molecule has 1 aliphatic heterocycles. The van der Waals surface area contributed by atoms with Gasteiger partial charge in [-0.25, -0.2) is 4.39 Å². The van der Waals surface area contributed by atoms with Crippen LogP contribution in [0.15, 0.2) is 61.1 Å². The first-order chi connectivity index (χ1) is 18.1. The maximum absolute atomic E-state index is 14.8. The number of halogens is 1. The molecule has 1 aliphatic rings. The van der Waals surface area contributed by atoms with Gasteiger partial charge in [0.2, 0.25) is 0 Å². The van der Waals surface area contributed by atoms with E-state index in [1.807, 2.05) is 48.4 Å². The number of nitriles is 1. The van der Waals surface area contributed by atoms with Crippen molar-refractivity contribution in [1.82, 2.24) is 24.2 Å². The third-order valence-corrected chi connectivity index (χ3v) is 7.84. The molecule has 0 bridgehead atoms. The highest BCUT2D eigenvalue weighted by Crippen LogP contribution is 2.39. The molecule has 4 heterocycles. The van der Waals surface area contributed by atoms with E-state index in [1.165, 1.54) is 18.9 Å². The summed E-state index contributed by atoms with van der Waals surface area (Å²) in [4.78, 5) is 7.46. The number of likely N-dealkylation sites (tertiary alicyclic amines) is 1. The van der Waals surface area contributed by atoms with Crippen LogP contribution in [0.25, 0.3) is 44.2 Å². The van der Waals surface area contributed by atoms with Gasteiger partial charge in [0.05, 0.1) is 34.7 Å². The van der Waals surface area contributed by atoms with Gasteiger partial charge in [-0.1, -0.05) is 19.1 Å². The first kappa shape index (κ1) is 23.4. The van der Waals surface area contributed by atoms with Crippen LogP contribution < -0.4 is 0 Å². The van der Waals surface area contributed by atoms with Crippen molar-refractivity contribution in [3.05, 3.63) is 72.4 Å². The average Bonchev–Trinajstić information content (AvgIpc) is 3.51. The predicted molar refractivity (Wildman–Crippen MR) is 144 cm³/mol. The first-order valence-corrected chi connectivity index (χ1v) is 12.9. The summed E-state index contributed by atoms with van der Waals surface area (Å²) in [5.74, 6) is 0.106. The third-order valence-electron chi connectivity index (χ3n) is 7.84. The van der Waals surface area contributed by atoms with Crippen LogP contribution in [-0.2, 0) is 13.6 Å². The molecule has 186 valence electrons. The zero-order chi connectivity index (χ0) is 25.5. The van der Waals surface area contributed by atoms with Crippen LogP contribution in [-0.4, -0.2) is 43.9 Å². The van der Waals surface area contributed by atoms with E-state index in [1.54, 1.807) is 6.07 Å². The minimum absolute atomic E-state index is 0.0400. The van der Waals surface area contributed by atoms with Crippen molar-refractivity contribution in [1.29, 1.82) is 5.26 Å². The van der Waals surface area contributed by atoms with E-state index in [0.717, 1.165) is 64.8 Å². The molecule has 0 N–H and O–H groups in total. The summed E-state index contributed by atoms with van der Waals surface area (Å²) in [6.45, 7) is 6.58. The normalized spacial score (nSPS) is 15.0. The van der Waals surface area contributed by atoms with E-state index in [0.29, 0.717) is 11.5 Å². The molecule has 0 aliphatic carbocycles. The quantitative estimate of drug-likeness (QED) is 0.302. The standard InChI is InChI=1S/C30H29FN6/c1-3-36-11-8-20(9-12-36)19-37-13-10-25-28(37)18-33-30(22-6-7-27-24(14-22)17-34-35(27)2)29(25)21-4-5-23(16-32)26(31)15-21/h4-7,10,13-15,17-18,20H,3,8-9,11-12,19H2,1-2H3. The van der Waals surface area contributed by atoms with Crippen molar-refractivity contribution in [3.63, 3.8) is 0 Å². The van der Waals surface area contributed by atoms with Crippen LogP contribution in [0.3, 0.4) is 0 Å². The predicted octanol–water partition coefficient (Wildman–Crippen LogP) is 6.00.